The predicted molar refractivity (Wildman–Crippen MR) is 81.8 cm³/mol. The van der Waals surface area contributed by atoms with E-state index in [9.17, 15) is 0 Å². The lowest BCUT2D eigenvalue weighted by Crippen LogP contribution is -2.02. The van der Waals surface area contributed by atoms with Crippen LogP contribution in [0.4, 0.5) is 0 Å². The molecular formula is C14H13N5S. The molecule has 1 aromatic carbocycles. The molecule has 0 radical (unpaired) electrons. The Morgan fingerprint density at radius 1 is 1.25 bits per heavy atom. The molecule has 0 saturated heterocycles. The highest BCUT2D eigenvalue weighted by atomic mass is 32.2. The highest BCUT2D eigenvalue weighted by Gasteiger charge is 2.04. The highest BCUT2D eigenvalue weighted by molar-refractivity contribution is 8.13. The summed E-state index contributed by atoms with van der Waals surface area (Å²) >= 11 is 1.60. The fourth-order valence-corrected chi connectivity index (χ4v) is 2.46. The zero-order valence-electron chi connectivity index (χ0n) is 11.0. The van der Waals surface area contributed by atoms with Crippen LogP contribution in [0, 0.1) is 0 Å². The molecule has 0 N–H and O–H groups in total. The van der Waals surface area contributed by atoms with E-state index in [1.807, 2.05) is 48.9 Å². The smallest absolute Gasteiger partial charge is 0.135 e. The number of pyridine rings is 1. The van der Waals surface area contributed by atoms with Gasteiger partial charge < -0.3 is 0 Å². The molecule has 0 aliphatic carbocycles. The number of hydrogen-bond donors (Lipinski definition) is 0. The van der Waals surface area contributed by atoms with Gasteiger partial charge in [-0.25, -0.2) is 4.68 Å². The van der Waals surface area contributed by atoms with Crippen LogP contribution >= 0.6 is 11.8 Å². The van der Waals surface area contributed by atoms with Gasteiger partial charge in [0, 0.05) is 18.0 Å². The molecule has 0 saturated carbocycles. The molecule has 6 heteroatoms. The first-order valence-corrected chi connectivity index (χ1v) is 7.38. The second-order valence-electron chi connectivity index (χ2n) is 4.13. The summed E-state index contributed by atoms with van der Waals surface area (Å²) in [6, 6.07) is 11.8. The fraction of sp³-hybridized carbons (Fsp3) is 0.143. The minimum atomic E-state index is 0.450. The lowest BCUT2D eigenvalue weighted by atomic mass is 10.3. The van der Waals surface area contributed by atoms with Gasteiger partial charge in [-0.3, -0.25) is 9.98 Å². The van der Waals surface area contributed by atoms with E-state index in [0.29, 0.717) is 6.67 Å². The van der Waals surface area contributed by atoms with Crippen molar-refractivity contribution >= 4 is 27.8 Å². The predicted octanol–water partition coefficient (Wildman–Crippen LogP) is 2.59. The summed E-state index contributed by atoms with van der Waals surface area (Å²) in [5.74, 6) is 0. The molecule has 0 amide bonds. The van der Waals surface area contributed by atoms with Gasteiger partial charge in [0.25, 0.3) is 0 Å². The molecule has 3 rings (SSSR count). The Morgan fingerprint density at radius 3 is 2.95 bits per heavy atom. The molecule has 0 bridgehead atoms. The van der Waals surface area contributed by atoms with Gasteiger partial charge in [0.15, 0.2) is 0 Å². The van der Waals surface area contributed by atoms with Crippen LogP contribution in [0.3, 0.4) is 0 Å². The molecule has 20 heavy (non-hydrogen) atoms. The van der Waals surface area contributed by atoms with E-state index < -0.39 is 0 Å². The van der Waals surface area contributed by atoms with Gasteiger partial charge in [0.2, 0.25) is 0 Å². The number of para-hydroxylation sites is 1. The van der Waals surface area contributed by atoms with E-state index in [2.05, 4.69) is 20.3 Å². The van der Waals surface area contributed by atoms with Crippen LogP contribution in [0.25, 0.3) is 11.0 Å². The van der Waals surface area contributed by atoms with Crippen molar-refractivity contribution in [3.05, 3.63) is 54.4 Å². The number of benzene rings is 1. The zero-order chi connectivity index (χ0) is 13.8. The summed E-state index contributed by atoms with van der Waals surface area (Å²) in [6.45, 7) is 0.450. The first kappa shape index (κ1) is 12.8. The van der Waals surface area contributed by atoms with E-state index in [0.717, 1.165) is 21.6 Å². The number of rotatable bonds is 3. The summed E-state index contributed by atoms with van der Waals surface area (Å²) in [4.78, 5) is 8.72. The number of aliphatic imine (C=N–C) groups is 1. The third-order valence-electron chi connectivity index (χ3n) is 2.87. The number of hydrogen-bond acceptors (Lipinski definition) is 5. The average molecular weight is 283 g/mol. The minimum Gasteiger partial charge on any atom is -0.264 e. The van der Waals surface area contributed by atoms with Gasteiger partial charge >= 0.3 is 0 Å². The van der Waals surface area contributed by atoms with Gasteiger partial charge in [-0.05, 0) is 30.5 Å². The number of nitrogens with zero attached hydrogens (tertiary/aromatic N) is 5. The summed E-state index contributed by atoms with van der Waals surface area (Å²) in [5, 5.41) is 9.19. The van der Waals surface area contributed by atoms with Crippen molar-refractivity contribution in [2.24, 2.45) is 4.99 Å². The number of aromatic nitrogens is 4. The maximum absolute atomic E-state index is 4.61. The molecule has 0 unspecified atom stereocenters. The van der Waals surface area contributed by atoms with Crippen molar-refractivity contribution in [1.29, 1.82) is 0 Å². The van der Waals surface area contributed by atoms with Crippen LogP contribution in [0.5, 0.6) is 0 Å². The Balaban J connectivity index is 1.89. The van der Waals surface area contributed by atoms with Crippen molar-refractivity contribution in [2.75, 3.05) is 6.26 Å². The maximum Gasteiger partial charge on any atom is 0.135 e. The van der Waals surface area contributed by atoms with Crippen molar-refractivity contribution in [2.45, 2.75) is 6.67 Å². The first-order valence-electron chi connectivity index (χ1n) is 6.15. The Labute approximate surface area is 120 Å². The van der Waals surface area contributed by atoms with Crippen LogP contribution in [-0.4, -0.2) is 31.3 Å². The standard InChI is InChI=1S/C14H13N5S/c1-20-14(11-5-4-8-15-9-11)16-10-19-13-7-3-2-6-12(13)17-18-19/h2-9H,10H2,1H3/b16-14-. The Bertz CT molecular complexity index is 735. The second-order valence-corrected chi connectivity index (χ2v) is 4.92. The second kappa shape index (κ2) is 5.83. The largest absolute Gasteiger partial charge is 0.264 e. The third kappa shape index (κ3) is 2.55. The molecule has 3 aromatic rings. The fourth-order valence-electron chi connectivity index (χ4n) is 1.92. The minimum absolute atomic E-state index is 0.450. The molecule has 5 nitrogen and oxygen atoms in total. The number of fused-ring (bicyclic) bond motifs is 1. The van der Waals surface area contributed by atoms with E-state index in [1.165, 1.54) is 0 Å². The van der Waals surface area contributed by atoms with Crippen molar-refractivity contribution in [3.63, 3.8) is 0 Å². The van der Waals surface area contributed by atoms with Crippen LogP contribution in [-0.2, 0) is 6.67 Å². The lowest BCUT2D eigenvalue weighted by molar-refractivity contribution is 0.630. The molecule has 0 atom stereocenters. The zero-order valence-corrected chi connectivity index (χ0v) is 11.8. The molecule has 0 fully saturated rings. The summed E-state index contributed by atoms with van der Waals surface area (Å²) in [5.41, 5.74) is 2.89. The van der Waals surface area contributed by atoms with Crippen LogP contribution < -0.4 is 0 Å². The van der Waals surface area contributed by atoms with Gasteiger partial charge in [-0.2, -0.15) is 0 Å². The normalized spacial score (nSPS) is 11.9. The molecule has 0 aliphatic heterocycles. The monoisotopic (exact) mass is 283 g/mol. The quantitative estimate of drug-likeness (QED) is 0.547. The first-order chi connectivity index (χ1) is 9.88. The Kier molecular flexibility index (Phi) is 3.73. The van der Waals surface area contributed by atoms with E-state index in [1.54, 1.807) is 22.6 Å². The third-order valence-corrected chi connectivity index (χ3v) is 3.62. The number of thioether (sulfide) groups is 1. The molecule has 2 heterocycles. The molecule has 2 aromatic heterocycles. The molecule has 0 spiro atoms. The van der Waals surface area contributed by atoms with Gasteiger partial charge in [0.1, 0.15) is 17.2 Å². The Hall–Kier alpha value is -2.21. The van der Waals surface area contributed by atoms with Gasteiger partial charge in [-0.1, -0.05) is 17.3 Å². The lowest BCUT2D eigenvalue weighted by Gasteiger charge is -2.03. The van der Waals surface area contributed by atoms with Crippen molar-refractivity contribution in [1.82, 2.24) is 20.0 Å². The average Bonchev–Trinajstić information content (AvgIpc) is 2.92. The molecule has 100 valence electrons. The maximum atomic E-state index is 4.61. The van der Waals surface area contributed by atoms with E-state index in [4.69, 9.17) is 0 Å². The van der Waals surface area contributed by atoms with E-state index in [-0.39, 0.29) is 0 Å². The van der Waals surface area contributed by atoms with Crippen LogP contribution in [0.1, 0.15) is 5.56 Å². The summed E-state index contributed by atoms with van der Waals surface area (Å²) in [6.07, 6.45) is 5.58. The molecule has 0 aliphatic rings. The van der Waals surface area contributed by atoms with Gasteiger partial charge in [0.05, 0.1) is 5.52 Å². The van der Waals surface area contributed by atoms with Crippen molar-refractivity contribution in [3.8, 4) is 0 Å². The topological polar surface area (TPSA) is 56.0 Å². The van der Waals surface area contributed by atoms with Gasteiger partial charge in [-0.15, -0.1) is 16.9 Å². The Morgan fingerprint density at radius 2 is 2.15 bits per heavy atom. The highest BCUT2D eigenvalue weighted by Crippen LogP contribution is 2.13. The van der Waals surface area contributed by atoms with E-state index >= 15 is 0 Å². The SMILES string of the molecule is CS/C(=N\Cn1nnc2ccccc21)c1cccnc1. The summed E-state index contributed by atoms with van der Waals surface area (Å²) in [7, 11) is 0. The van der Waals surface area contributed by atoms with Crippen LogP contribution in [0.15, 0.2) is 53.8 Å². The van der Waals surface area contributed by atoms with Crippen LogP contribution in [0.2, 0.25) is 0 Å². The molecular weight excluding hydrogens is 270 g/mol. The van der Waals surface area contributed by atoms with Crippen molar-refractivity contribution < 1.29 is 0 Å². The summed E-state index contributed by atoms with van der Waals surface area (Å²) < 4.78 is 1.79.